The average molecular weight is 1990 g/mol. The second kappa shape index (κ2) is 64.6. The zero-order chi connectivity index (χ0) is 103. The van der Waals surface area contributed by atoms with E-state index in [1.807, 2.05) is 114 Å². The van der Waals surface area contributed by atoms with Crippen LogP contribution >= 0.6 is 23.2 Å². The molecule has 0 fully saturated rings. The summed E-state index contributed by atoms with van der Waals surface area (Å²) in [4.78, 5) is 130. The van der Waals surface area contributed by atoms with Gasteiger partial charge in [0.1, 0.15) is 68.2 Å². The first kappa shape index (κ1) is 118. The number of phenols is 8. The molecule has 768 valence electrons. The first-order chi connectivity index (χ1) is 66.8. The van der Waals surface area contributed by atoms with E-state index in [0.717, 1.165) is 88.5 Å². The number of phenolic OH excluding ortho intramolecular Hbond substituents is 8. The summed E-state index contributed by atoms with van der Waals surface area (Å²) in [5.74, 6) is -4.30. The third-order valence-corrected chi connectivity index (χ3v) is 21.5. The molecule has 4 heterocycles. The number of allylic oxidation sites excluding steroid dienone is 12. The Morgan fingerprint density at radius 2 is 0.543 bits per heavy atom. The first-order valence-electron chi connectivity index (χ1n) is 48.2. The Labute approximate surface area is 834 Å². The molecule has 0 spiro atoms. The van der Waals surface area contributed by atoms with Crippen molar-refractivity contribution in [3.05, 3.63) is 188 Å². The van der Waals surface area contributed by atoms with Crippen molar-refractivity contribution < 1.29 is 118 Å². The summed E-state index contributed by atoms with van der Waals surface area (Å²) in [5, 5.41) is 98.1. The summed E-state index contributed by atoms with van der Waals surface area (Å²) < 4.78 is 21.2. The number of esters is 4. The van der Waals surface area contributed by atoms with Crippen LogP contribution in [0.5, 0.6) is 46.0 Å². The lowest BCUT2D eigenvalue weighted by Crippen LogP contribution is -2.39. The third kappa shape index (κ3) is 44.3. The van der Waals surface area contributed by atoms with Crippen LogP contribution in [-0.2, 0) is 83.2 Å². The van der Waals surface area contributed by atoms with Crippen LogP contribution in [0.25, 0.3) is 0 Å². The predicted molar refractivity (Wildman–Crippen MR) is 543 cm³/mol. The van der Waals surface area contributed by atoms with Crippen LogP contribution < -0.4 is 0 Å². The van der Waals surface area contributed by atoms with Gasteiger partial charge in [-0.15, -0.1) is 0 Å². The number of hydrogen-bond donors (Lipinski definition) is 8. The smallest absolute Gasteiger partial charge is 0.342 e. The van der Waals surface area contributed by atoms with Crippen molar-refractivity contribution in [2.45, 2.75) is 213 Å². The van der Waals surface area contributed by atoms with Crippen LogP contribution in [0, 0.1) is 35.5 Å². The maximum atomic E-state index is 12.8. The van der Waals surface area contributed by atoms with Gasteiger partial charge in [-0.25, -0.2) is 19.2 Å². The van der Waals surface area contributed by atoms with Crippen molar-refractivity contribution in [2.75, 3.05) is 105 Å². The Kier molecular flexibility index (Phi) is 54.4. The molecule has 8 rings (SSSR count). The minimum absolute atomic E-state index is 0.0268. The Morgan fingerprint density at radius 1 is 0.314 bits per heavy atom. The number of aromatic hydroxyl groups is 8. The van der Waals surface area contributed by atoms with Gasteiger partial charge in [-0.05, 0) is 184 Å². The van der Waals surface area contributed by atoms with Gasteiger partial charge in [-0.1, -0.05) is 214 Å². The quantitative estimate of drug-likeness (QED) is 0.0113. The van der Waals surface area contributed by atoms with Gasteiger partial charge in [-0.3, -0.25) is 19.2 Å². The number of hydrogen-bond acceptors (Lipinski definition) is 28. The molecule has 4 amide bonds. The fraction of sp³-hybridized carbons (Fsp3) is 0.509. The molecule has 32 nitrogen and oxygen atoms in total. The molecule has 4 aliphatic heterocycles. The molecule has 4 aromatic rings. The van der Waals surface area contributed by atoms with E-state index in [-0.39, 0.29) is 180 Å². The first-order valence-corrected chi connectivity index (χ1v) is 48.9. The molecule has 0 saturated heterocycles. The van der Waals surface area contributed by atoms with Crippen molar-refractivity contribution in [2.24, 2.45) is 56.1 Å². The molecule has 0 atom stereocenters. The molecule has 4 aromatic carbocycles. The molecular formula is C106H146Cl2N8O24. The molecule has 8 N–H and O–H groups in total. The average Bonchev–Trinajstić information content (AvgIpc) is 0.799. The Bertz CT molecular complexity index is 4890. The molecule has 140 heavy (non-hydrogen) atoms. The molecular weight excluding hydrogens is 1840 g/mol. The lowest BCUT2D eigenvalue weighted by molar-refractivity contribution is -0.137. The molecule has 0 unspecified atom stereocenters. The number of carbonyl (C=O) groups is 8. The van der Waals surface area contributed by atoms with E-state index in [1.54, 1.807) is 43.9 Å². The van der Waals surface area contributed by atoms with Gasteiger partial charge < -0.3 is 98.7 Å². The maximum absolute atomic E-state index is 12.8. The number of amides is 4. The van der Waals surface area contributed by atoms with E-state index >= 15 is 0 Å². The Morgan fingerprint density at radius 3 is 0.800 bits per heavy atom. The number of rotatable bonds is 28. The van der Waals surface area contributed by atoms with E-state index < -0.39 is 35.4 Å². The normalized spacial score (nSPS) is 17.9. The summed E-state index contributed by atoms with van der Waals surface area (Å²) in [6.45, 7) is 33.5. The SMILES string of the molecule is CC(C)CN(CC(C)C)C(=O)CO/N=C1/C=C/CC/C=C/CCOC(=O)c2c(O)cc(O)c(Cl)c2C1.CC(C)CN(CC(C)C)C(=O)CO/N=C1/C=C/CC/C=C/CCOC(=O)c2c(O)cc(O)cc2C1.CC(C)CN(CC(C)C)C(=O)CO/N=C1\C=C\CC/C=C/CCOC(=O)c2c(O)cc(O)cc2C1.CCCN(CCC)C(=O)CO/N=C1\C=C\CC/C=C/CCOC(=O)c2c(O)cc(O)c(Cl)c2C1. The lowest BCUT2D eigenvalue weighted by atomic mass is 9.99. The minimum atomic E-state index is -0.757. The molecule has 0 bridgehead atoms. The summed E-state index contributed by atoms with van der Waals surface area (Å²) in [7, 11) is 0. The maximum Gasteiger partial charge on any atom is 0.342 e. The molecule has 0 aromatic heterocycles. The topological polar surface area (TPSA) is 435 Å². The van der Waals surface area contributed by atoms with Crippen LogP contribution in [0.15, 0.2) is 154 Å². The molecule has 0 aliphatic carbocycles. The van der Waals surface area contributed by atoms with Gasteiger partial charge >= 0.3 is 23.9 Å². The van der Waals surface area contributed by atoms with Crippen molar-refractivity contribution in [3.63, 3.8) is 0 Å². The highest BCUT2D eigenvalue weighted by Crippen LogP contribution is 2.40. The highest BCUT2D eigenvalue weighted by molar-refractivity contribution is 6.34. The highest BCUT2D eigenvalue weighted by atomic mass is 35.5. The zero-order valence-electron chi connectivity index (χ0n) is 83.7. The Balaban J connectivity index is 0.000000329. The second-order valence-electron chi connectivity index (χ2n) is 36.4. The van der Waals surface area contributed by atoms with Crippen LogP contribution in [-0.4, -0.2) is 236 Å². The molecule has 4 aliphatic rings. The van der Waals surface area contributed by atoms with Gasteiger partial charge in [0.15, 0.2) is 26.4 Å². The fourth-order valence-electron chi connectivity index (χ4n) is 14.7. The van der Waals surface area contributed by atoms with E-state index in [1.165, 1.54) is 12.1 Å². The van der Waals surface area contributed by atoms with Crippen LogP contribution in [0.1, 0.15) is 251 Å². The zero-order valence-corrected chi connectivity index (χ0v) is 85.2. The van der Waals surface area contributed by atoms with Crippen molar-refractivity contribution in [1.29, 1.82) is 0 Å². The number of carbonyl (C=O) groups excluding carboxylic acids is 8. The van der Waals surface area contributed by atoms with E-state index in [0.29, 0.717) is 148 Å². The van der Waals surface area contributed by atoms with Crippen molar-refractivity contribution in [3.8, 4) is 46.0 Å². The van der Waals surface area contributed by atoms with Crippen molar-refractivity contribution in [1.82, 2.24) is 19.6 Å². The van der Waals surface area contributed by atoms with Crippen LogP contribution in [0.3, 0.4) is 0 Å². The van der Waals surface area contributed by atoms with E-state index in [4.69, 9.17) is 61.5 Å². The number of oxime groups is 4. The molecule has 34 heteroatoms. The van der Waals surface area contributed by atoms with E-state index in [9.17, 15) is 79.2 Å². The largest absolute Gasteiger partial charge is 0.508 e. The van der Waals surface area contributed by atoms with Gasteiger partial charge in [-0.2, -0.15) is 0 Å². The number of halogens is 2. The van der Waals surface area contributed by atoms with Gasteiger partial charge in [0.05, 0.1) is 59.3 Å². The summed E-state index contributed by atoms with van der Waals surface area (Å²) in [6.07, 6.45) is 40.6. The Hall–Kier alpha value is -12.6. The van der Waals surface area contributed by atoms with Crippen molar-refractivity contribution >= 4 is 93.6 Å². The van der Waals surface area contributed by atoms with E-state index in [2.05, 4.69) is 76.0 Å². The van der Waals surface area contributed by atoms with Gasteiger partial charge in [0.2, 0.25) is 0 Å². The number of ether oxygens (including phenoxy) is 4. The highest BCUT2D eigenvalue weighted by Gasteiger charge is 2.30. The summed E-state index contributed by atoms with van der Waals surface area (Å²) in [5.41, 5.74) is 2.29. The summed E-state index contributed by atoms with van der Waals surface area (Å²) in [6, 6.07) is 6.99. The third-order valence-electron chi connectivity index (χ3n) is 20.7. The predicted octanol–water partition coefficient (Wildman–Crippen LogP) is 19.2. The second-order valence-corrected chi connectivity index (χ2v) is 37.2. The van der Waals surface area contributed by atoms with Gasteiger partial charge in [0.25, 0.3) is 23.6 Å². The van der Waals surface area contributed by atoms with Crippen LogP contribution in [0.4, 0.5) is 0 Å². The minimum Gasteiger partial charge on any atom is -0.508 e. The van der Waals surface area contributed by atoms with Crippen LogP contribution in [0.2, 0.25) is 10.0 Å². The fourth-order valence-corrected chi connectivity index (χ4v) is 15.1. The lowest BCUT2D eigenvalue weighted by Gasteiger charge is -2.25. The monoisotopic (exact) mass is 1980 g/mol. The number of benzene rings is 4. The summed E-state index contributed by atoms with van der Waals surface area (Å²) >= 11 is 12.6. The van der Waals surface area contributed by atoms with Gasteiger partial charge in [0, 0.05) is 102 Å². The standard InChI is InChI=1S/C27H37ClN2O6.2C27H38N2O6.C25H33ClN2O6/c1-18(2)15-30(16-19(3)4)24(33)17-36-29-20-11-9-7-5-6-8-10-12-35-27(34)25-21(13-20)26(28)23(32)14-22(25)31;2*1-19(2)16-29(17-20(3)4)25(32)18-35-28-22-11-9-7-5-6-8-10-12-34-27(33)26-21(13-22)14-23(30)15-24(26)31;1-3-12-28(13-4-2)22(31)17-34-27-18-11-9-7-5-6-8-10-14-33-25(32)23-19(15-18)24(26)21(30)16-20(23)29/h6,8-9,11,14,18-19,31-32H,5,7,10,12-13,15-17H2,1-4H3;2*6,8-9,11,14-15,19-20,30-31H,5,7,10,12-13,16-18H2,1-4H3;6,8-9,11,16,29-30H,3-5,7,10,12-15,17H2,1-2H3/b8-6+,11-9+,29-20-;8-6+,11-9+,28-22+;8-6+,11-9+,28-22-;8-6+,11-9+,27-18+. The molecule has 0 radical (unpaired) electrons. The number of fused-ring (bicyclic) bond motifs is 4. The number of cyclic esters (lactones) is 4. The number of nitrogens with zero attached hydrogens (tertiary/aromatic N) is 8. The molecule has 0 saturated carbocycles.